The third-order valence-corrected chi connectivity index (χ3v) is 4.65. The first-order valence-electron chi connectivity index (χ1n) is 5.13. The van der Waals surface area contributed by atoms with Crippen LogP contribution in [0.2, 0.25) is 0 Å². The zero-order valence-corrected chi connectivity index (χ0v) is 10.0. The second-order valence-electron chi connectivity index (χ2n) is 3.74. The predicted octanol–water partition coefficient (Wildman–Crippen LogP) is 3.30. The Morgan fingerprint density at radius 1 is 1.20 bits per heavy atom. The van der Waals surface area contributed by atoms with Gasteiger partial charge in [0.2, 0.25) is 0 Å². The van der Waals surface area contributed by atoms with E-state index in [9.17, 15) is 4.21 Å². The summed E-state index contributed by atoms with van der Waals surface area (Å²) in [5.41, 5.74) is 0. The molecule has 1 fully saturated rings. The van der Waals surface area contributed by atoms with Gasteiger partial charge in [-0.3, -0.25) is 0 Å². The lowest BCUT2D eigenvalue weighted by Gasteiger charge is -2.08. The Bertz CT molecular complexity index is 342. The quantitative estimate of drug-likeness (QED) is 0.826. The van der Waals surface area contributed by atoms with Gasteiger partial charge in [-0.1, -0.05) is 12.8 Å². The van der Waals surface area contributed by atoms with Crippen LogP contribution in [-0.2, 0) is 11.1 Å². The normalized spacial score (nSPS) is 19.3. The third-order valence-electron chi connectivity index (χ3n) is 2.63. The van der Waals surface area contributed by atoms with Crippen LogP contribution in [0, 0.1) is 0 Å². The fraction of sp³-hybridized carbons (Fsp3) is 0.455. The van der Waals surface area contributed by atoms with Crippen LogP contribution < -0.4 is 0 Å². The van der Waals surface area contributed by atoms with Gasteiger partial charge in [0.25, 0.3) is 0 Å². The molecule has 0 aromatic heterocycles. The van der Waals surface area contributed by atoms with Crippen molar-refractivity contribution in [2.75, 3.05) is 0 Å². The summed E-state index contributed by atoms with van der Waals surface area (Å²) in [6, 6.07) is 7.33. The lowest BCUT2D eigenvalue weighted by atomic mass is 10.4. The molecule has 0 saturated heterocycles. The number of hydrogen-bond donors (Lipinski definition) is 1. The van der Waals surface area contributed by atoms with Crippen LogP contribution in [0.15, 0.2) is 34.1 Å². The molecule has 0 amide bonds. The molecule has 1 unspecified atom stereocenters. The van der Waals surface area contributed by atoms with Crippen molar-refractivity contribution in [1.29, 1.82) is 0 Å². The van der Waals surface area contributed by atoms with E-state index in [1.165, 1.54) is 30.6 Å². The van der Waals surface area contributed by atoms with Crippen LogP contribution in [0.5, 0.6) is 0 Å². The van der Waals surface area contributed by atoms with E-state index >= 15 is 0 Å². The molecule has 0 bridgehead atoms. The molecular formula is C11H14O2S2. The molecule has 0 aliphatic heterocycles. The largest absolute Gasteiger partial charge is 0.302 e. The first-order valence-corrected chi connectivity index (χ1v) is 7.12. The maximum Gasteiger partial charge on any atom is 0.186 e. The molecule has 1 aliphatic carbocycles. The predicted molar refractivity (Wildman–Crippen MR) is 63.6 cm³/mol. The lowest BCUT2D eigenvalue weighted by molar-refractivity contribution is 0.564. The number of thioether (sulfide) groups is 1. The van der Waals surface area contributed by atoms with Gasteiger partial charge in [0.05, 0.1) is 4.90 Å². The highest BCUT2D eigenvalue weighted by Gasteiger charge is 2.15. The van der Waals surface area contributed by atoms with Crippen molar-refractivity contribution in [2.24, 2.45) is 0 Å². The molecule has 82 valence electrons. The minimum absolute atomic E-state index is 0.478. The van der Waals surface area contributed by atoms with E-state index in [-0.39, 0.29) is 0 Å². The number of benzene rings is 1. The summed E-state index contributed by atoms with van der Waals surface area (Å²) in [4.78, 5) is 1.68. The van der Waals surface area contributed by atoms with Gasteiger partial charge in [-0.05, 0) is 37.1 Å². The van der Waals surface area contributed by atoms with Gasteiger partial charge < -0.3 is 4.55 Å². The van der Waals surface area contributed by atoms with Crippen molar-refractivity contribution in [3.8, 4) is 0 Å². The van der Waals surface area contributed by atoms with Gasteiger partial charge in [0.15, 0.2) is 11.1 Å². The molecule has 1 aromatic rings. The lowest BCUT2D eigenvalue weighted by Crippen LogP contribution is -1.93. The summed E-state index contributed by atoms with van der Waals surface area (Å²) in [7, 11) is 0. The second kappa shape index (κ2) is 5.14. The number of hydrogen-bond acceptors (Lipinski definition) is 2. The fourth-order valence-electron chi connectivity index (χ4n) is 1.83. The van der Waals surface area contributed by atoms with Crippen molar-refractivity contribution < 1.29 is 8.76 Å². The van der Waals surface area contributed by atoms with Gasteiger partial charge in [-0.25, -0.2) is 4.21 Å². The SMILES string of the molecule is O=S(O)c1ccc(SC2CCCC2)cc1. The van der Waals surface area contributed by atoms with Crippen molar-refractivity contribution in [2.45, 2.75) is 40.7 Å². The van der Waals surface area contributed by atoms with Crippen molar-refractivity contribution >= 4 is 22.8 Å². The van der Waals surface area contributed by atoms with Gasteiger partial charge in [0, 0.05) is 10.1 Å². The van der Waals surface area contributed by atoms with Gasteiger partial charge in [-0.15, -0.1) is 11.8 Å². The molecule has 0 radical (unpaired) electrons. The molecule has 1 N–H and O–H groups in total. The zero-order chi connectivity index (χ0) is 10.7. The summed E-state index contributed by atoms with van der Waals surface area (Å²) >= 11 is 0.0406. The molecular weight excluding hydrogens is 228 g/mol. The van der Waals surface area contributed by atoms with Crippen LogP contribution in [0.1, 0.15) is 25.7 Å². The summed E-state index contributed by atoms with van der Waals surface area (Å²) in [5.74, 6) is 0. The van der Waals surface area contributed by atoms with E-state index in [4.69, 9.17) is 4.55 Å². The Morgan fingerprint density at radius 3 is 2.33 bits per heavy atom. The Balaban J connectivity index is 2.00. The molecule has 0 heterocycles. The van der Waals surface area contributed by atoms with Crippen LogP contribution in [-0.4, -0.2) is 14.0 Å². The van der Waals surface area contributed by atoms with Crippen molar-refractivity contribution in [1.82, 2.24) is 0 Å². The molecule has 4 heteroatoms. The van der Waals surface area contributed by atoms with Crippen LogP contribution >= 0.6 is 11.8 Å². The van der Waals surface area contributed by atoms with E-state index in [0.717, 1.165) is 5.25 Å². The van der Waals surface area contributed by atoms with Crippen molar-refractivity contribution in [3.05, 3.63) is 24.3 Å². The highest BCUT2D eigenvalue weighted by Crippen LogP contribution is 2.34. The minimum atomic E-state index is -1.85. The summed E-state index contributed by atoms with van der Waals surface area (Å²) in [5, 5.41) is 0.746. The van der Waals surface area contributed by atoms with Gasteiger partial charge in [-0.2, -0.15) is 0 Å². The number of rotatable bonds is 3. The molecule has 0 spiro atoms. The standard InChI is InChI=1S/C11H14O2S2/c12-15(13)11-7-5-10(6-8-11)14-9-3-1-2-4-9/h5-9H,1-4H2,(H,12,13). The molecule has 1 saturated carbocycles. The highest BCUT2D eigenvalue weighted by atomic mass is 32.2. The van der Waals surface area contributed by atoms with E-state index in [1.807, 2.05) is 23.9 Å². The summed E-state index contributed by atoms with van der Waals surface area (Å²) in [6.45, 7) is 0. The molecule has 1 atom stereocenters. The summed E-state index contributed by atoms with van der Waals surface area (Å²) < 4.78 is 19.6. The Hall–Kier alpha value is -0.320. The second-order valence-corrected chi connectivity index (χ2v) is 6.09. The van der Waals surface area contributed by atoms with Crippen LogP contribution in [0.25, 0.3) is 0 Å². The van der Waals surface area contributed by atoms with Crippen LogP contribution in [0.4, 0.5) is 0 Å². The maximum atomic E-state index is 10.8. The average Bonchev–Trinajstić information content (AvgIpc) is 2.71. The fourth-order valence-corrected chi connectivity index (χ4v) is 3.45. The van der Waals surface area contributed by atoms with E-state index in [0.29, 0.717) is 4.90 Å². The Morgan fingerprint density at radius 2 is 1.80 bits per heavy atom. The van der Waals surface area contributed by atoms with E-state index < -0.39 is 11.1 Å². The van der Waals surface area contributed by atoms with E-state index in [2.05, 4.69) is 0 Å². The zero-order valence-electron chi connectivity index (χ0n) is 8.39. The Labute approximate surface area is 96.8 Å². The highest BCUT2D eigenvalue weighted by molar-refractivity contribution is 8.00. The van der Waals surface area contributed by atoms with Gasteiger partial charge >= 0.3 is 0 Å². The Kier molecular flexibility index (Phi) is 3.83. The average molecular weight is 242 g/mol. The monoisotopic (exact) mass is 242 g/mol. The topological polar surface area (TPSA) is 37.3 Å². The first kappa shape index (κ1) is 11.2. The van der Waals surface area contributed by atoms with Gasteiger partial charge in [0.1, 0.15) is 0 Å². The molecule has 1 aliphatic rings. The maximum absolute atomic E-state index is 10.8. The van der Waals surface area contributed by atoms with E-state index in [1.54, 1.807) is 12.1 Å². The van der Waals surface area contributed by atoms with Crippen molar-refractivity contribution in [3.63, 3.8) is 0 Å². The molecule has 15 heavy (non-hydrogen) atoms. The minimum Gasteiger partial charge on any atom is -0.302 e. The van der Waals surface area contributed by atoms with Crippen LogP contribution in [0.3, 0.4) is 0 Å². The molecule has 2 rings (SSSR count). The molecule has 2 nitrogen and oxygen atoms in total. The molecule has 1 aromatic carbocycles. The first-order chi connectivity index (χ1) is 7.25. The summed E-state index contributed by atoms with van der Waals surface area (Å²) in [6.07, 6.45) is 5.30. The third kappa shape index (κ3) is 3.06. The smallest absolute Gasteiger partial charge is 0.186 e.